The standard InChI is InChI=1S/C23H24N4O3/c1-16-6-4-8-18(12-16)22(28)27-23(25-15-17-7-5-11-24-14-17)26-19-9-10-20(29-2)21(13-19)30-3/h4-14H,15H2,1-3H3,(H2,25,26,27,28). The zero-order valence-corrected chi connectivity index (χ0v) is 17.2. The first-order valence-corrected chi connectivity index (χ1v) is 9.39. The quantitative estimate of drug-likeness (QED) is 0.482. The molecule has 0 radical (unpaired) electrons. The number of hydrogen-bond donors (Lipinski definition) is 2. The van der Waals surface area contributed by atoms with E-state index >= 15 is 0 Å². The predicted molar refractivity (Wildman–Crippen MR) is 117 cm³/mol. The number of amides is 1. The summed E-state index contributed by atoms with van der Waals surface area (Å²) in [5, 5.41) is 6.01. The minimum Gasteiger partial charge on any atom is -0.493 e. The van der Waals surface area contributed by atoms with Crippen molar-refractivity contribution in [3.8, 4) is 11.5 Å². The Hall–Kier alpha value is -3.87. The van der Waals surface area contributed by atoms with Gasteiger partial charge in [-0.25, -0.2) is 4.99 Å². The van der Waals surface area contributed by atoms with E-state index in [-0.39, 0.29) is 5.91 Å². The van der Waals surface area contributed by atoms with E-state index < -0.39 is 0 Å². The molecule has 1 heterocycles. The lowest BCUT2D eigenvalue weighted by Crippen LogP contribution is -2.36. The van der Waals surface area contributed by atoms with Crippen LogP contribution in [-0.4, -0.2) is 31.1 Å². The van der Waals surface area contributed by atoms with Crippen LogP contribution in [0.1, 0.15) is 21.5 Å². The minimum absolute atomic E-state index is 0.253. The molecule has 0 saturated heterocycles. The molecule has 0 aliphatic heterocycles. The number of hydrogen-bond acceptors (Lipinski definition) is 5. The average molecular weight is 404 g/mol. The van der Waals surface area contributed by atoms with Gasteiger partial charge in [0.05, 0.1) is 20.8 Å². The Labute approximate surface area is 175 Å². The third-order valence-corrected chi connectivity index (χ3v) is 4.30. The van der Waals surface area contributed by atoms with Crippen LogP contribution in [0.3, 0.4) is 0 Å². The van der Waals surface area contributed by atoms with Gasteiger partial charge in [-0.15, -0.1) is 0 Å². The number of aryl methyl sites for hydroxylation is 1. The molecule has 0 aliphatic rings. The zero-order chi connectivity index (χ0) is 21.3. The Balaban J connectivity index is 1.84. The second-order valence-corrected chi connectivity index (χ2v) is 6.54. The third kappa shape index (κ3) is 5.57. The summed E-state index contributed by atoms with van der Waals surface area (Å²) in [6.07, 6.45) is 3.44. The van der Waals surface area contributed by atoms with Crippen molar-refractivity contribution in [1.82, 2.24) is 10.3 Å². The molecule has 3 rings (SSSR count). The van der Waals surface area contributed by atoms with Crippen molar-refractivity contribution in [2.75, 3.05) is 19.5 Å². The Kier molecular flexibility index (Phi) is 7.00. The van der Waals surface area contributed by atoms with Crippen LogP contribution < -0.4 is 20.1 Å². The number of aliphatic imine (C=N–C) groups is 1. The molecular weight excluding hydrogens is 380 g/mol. The van der Waals surface area contributed by atoms with Gasteiger partial charge in [0.15, 0.2) is 11.5 Å². The number of guanidine groups is 1. The van der Waals surface area contributed by atoms with E-state index in [9.17, 15) is 4.79 Å². The first-order chi connectivity index (χ1) is 14.6. The molecule has 0 aliphatic carbocycles. The Morgan fingerprint density at radius 2 is 1.87 bits per heavy atom. The van der Waals surface area contributed by atoms with Gasteiger partial charge in [0, 0.05) is 29.7 Å². The summed E-state index contributed by atoms with van der Waals surface area (Å²) in [7, 11) is 3.15. The first-order valence-electron chi connectivity index (χ1n) is 9.39. The maximum Gasteiger partial charge on any atom is 0.257 e. The number of carbonyl (C=O) groups excluding carboxylic acids is 1. The number of carbonyl (C=O) groups is 1. The first kappa shape index (κ1) is 20.9. The number of ether oxygens (including phenoxy) is 2. The molecule has 1 aromatic heterocycles. The van der Waals surface area contributed by atoms with Gasteiger partial charge in [-0.3, -0.25) is 15.1 Å². The van der Waals surface area contributed by atoms with Crippen molar-refractivity contribution in [2.45, 2.75) is 13.5 Å². The minimum atomic E-state index is -0.253. The fraction of sp³-hybridized carbons (Fsp3) is 0.174. The molecular formula is C23H24N4O3. The number of rotatable bonds is 6. The van der Waals surface area contributed by atoms with E-state index in [4.69, 9.17) is 9.47 Å². The van der Waals surface area contributed by atoms with Gasteiger partial charge >= 0.3 is 0 Å². The molecule has 0 atom stereocenters. The number of anilines is 1. The van der Waals surface area contributed by atoms with Crippen molar-refractivity contribution in [2.24, 2.45) is 4.99 Å². The highest BCUT2D eigenvalue weighted by Crippen LogP contribution is 2.29. The molecule has 0 spiro atoms. The van der Waals surface area contributed by atoms with Crippen LogP contribution in [0, 0.1) is 6.92 Å². The third-order valence-electron chi connectivity index (χ3n) is 4.30. The highest BCUT2D eigenvalue weighted by atomic mass is 16.5. The number of aromatic nitrogens is 1. The maximum atomic E-state index is 12.7. The van der Waals surface area contributed by atoms with E-state index in [1.54, 1.807) is 44.8 Å². The molecule has 7 heteroatoms. The second kappa shape index (κ2) is 10.1. The van der Waals surface area contributed by atoms with Crippen LogP contribution >= 0.6 is 0 Å². The molecule has 7 nitrogen and oxygen atoms in total. The largest absolute Gasteiger partial charge is 0.493 e. The second-order valence-electron chi connectivity index (χ2n) is 6.54. The van der Waals surface area contributed by atoms with Crippen molar-refractivity contribution in [3.63, 3.8) is 0 Å². The van der Waals surface area contributed by atoms with Crippen LogP contribution in [0.2, 0.25) is 0 Å². The number of nitrogens with zero attached hydrogens (tertiary/aromatic N) is 2. The Bertz CT molecular complexity index is 1040. The molecule has 0 saturated carbocycles. The van der Waals surface area contributed by atoms with E-state index in [1.807, 2.05) is 43.3 Å². The maximum absolute atomic E-state index is 12.7. The van der Waals surface area contributed by atoms with Crippen molar-refractivity contribution in [1.29, 1.82) is 0 Å². The van der Waals surface area contributed by atoms with Crippen molar-refractivity contribution >= 4 is 17.6 Å². The van der Waals surface area contributed by atoms with Crippen LogP contribution in [0.4, 0.5) is 5.69 Å². The summed E-state index contributed by atoms with van der Waals surface area (Å²) in [6.45, 7) is 2.30. The summed E-state index contributed by atoms with van der Waals surface area (Å²) in [5.74, 6) is 1.24. The topological polar surface area (TPSA) is 84.8 Å². The van der Waals surface area contributed by atoms with Crippen LogP contribution in [0.25, 0.3) is 0 Å². The van der Waals surface area contributed by atoms with Gasteiger partial charge < -0.3 is 14.8 Å². The monoisotopic (exact) mass is 404 g/mol. The lowest BCUT2D eigenvalue weighted by Gasteiger charge is -2.14. The zero-order valence-electron chi connectivity index (χ0n) is 17.2. The highest BCUT2D eigenvalue weighted by molar-refractivity contribution is 6.10. The number of pyridine rings is 1. The van der Waals surface area contributed by atoms with E-state index in [1.165, 1.54) is 0 Å². The summed E-state index contributed by atoms with van der Waals surface area (Å²) in [4.78, 5) is 21.4. The van der Waals surface area contributed by atoms with E-state index in [0.29, 0.717) is 35.3 Å². The number of methoxy groups -OCH3 is 2. The summed E-state index contributed by atoms with van der Waals surface area (Å²) in [6, 6.07) is 16.5. The molecule has 0 unspecified atom stereocenters. The molecule has 0 bridgehead atoms. The highest BCUT2D eigenvalue weighted by Gasteiger charge is 2.11. The van der Waals surface area contributed by atoms with Crippen molar-refractivity contribution < 1.29 is 14.3 Å². The smallest absolute Gasteiger partial charge is 0.257 e. The van der Waals surface area contributed by atoms with Gasteiger partial charge in [0.2, 0.25) is 5.96 Å². The molecule has 3 aromatic rings. The SMILES string of the molecule is COc1ccc(NC(=NCc2cccnc2)NC(=O)c2cccc(C)c2)cc1OC. The summed E-state index contributed by atoms with van der Waals surface area (Å²) in [5.41, 5.74) is 3.18. The van der Waals surface area contributed by atoms with Crippen LogP contribution in [0.5, 0.6) is 11.5 Å². The Morgan fingerprint density at radius 1 is 1.03 bits per heavy atom. The van der Waals surface area contributed by atoms with Crippen LogP contribution in [0.15, 0.2) is 72.0 Å². The van der Waals surface area contributed by atoms with Crippen molar-refractivity contribution in [3.05, 3.63) is 83.7 Å². The fourth-order valence-corrected chi connectivity index (χ4v) is 2.79. The normalized spacial score (nSPS) is 11.0. The summed E-state index contributed by atoms with van der Waals surface area (Å²) >= 11 is 0. The molecule has 30 heavy (non-hydrogen) atoms. The number of benzene rings is 2. The van der Waals surface area contributed by atoms with E-state index in [0.717, 1.165) is 11.1 Å². The van der Waals surface area contributed by atoms with Crippen LogP contribution in [-0.2, 0) is 6.54 Å². The average Bonchev–Trinajstić information content (AvgIpc) is 2.78. The molecule has 0 fully saturated rings. The number of nitrogens with one attached hydrogen (secondary N) is 2. The van der Waals surface area contributed by atoms with E-state index in [2.05, 4.69) is 20.6 Å². The molecule has 2 aromatic carbocycles. The van der Waals surface area contributed by atoms with Gasteiger partial charge in [-0.2, -0.15) is 0 Å². The fourth-order valence-electron chi connectivity index (χ4n) is 2.79. The van der Waals surface area contributed by atoms with Gasteiger partial charge in [-0.05, 0) is 42.8 Å². The molecule has 154 valence electrons. The Morgan fingerprint density at radius 3 is 2.57 bits per heavy atom. The lowest BCUT2D eigenvalue weighted by atomic mass is 10.1. The summed E-state index contributed by atoms with van der Waals surface area (Å²) < 4.78 is 10.6. The van der Waals surface area contributed by atoms with Gasteiger partial charge in [0.25, 0.3) is 5.91 Å². The molecule has 1 amide bonds. The van der Waals surface area contributed by atoms with Gasteiger partial charge in [-0.1, -0.05) is 23.8 Å². The lowest BCUT2D eigenvalue weighted by molar-refractivity contribution is 0.0977. The molecule has 2 N–H and O–H groups in total. The van der Waals surface area contributed by atoms with Gasteiger partial charge in [0.1, 0.15) is 0 Å². The predicted octanol–water partition coefficient (Wildman–Crippen LogP) is 3.81.